The van der Waals surface area contributed by atoms with Gasteiger partial charge in [-0.1, -0.05) is 26.0 Å². The highest BCUT2D eigenvalue weighted by atomic mass is 15.2. The molecular formula is C15H21N. The SMILES string of the molecule is CC1=C[13C](C)(C)Nc2ccc(C(C)C)cc21. The summed E-state index contributed by atoms with van der Waals surface area (Å²) >= 11 is 0. The predicted molar refractivity (Wildman–Crippen MR) is 71.9 cm³/mol. The van der Waals surface area contributed by atoms with Gasteiger partial charge in [-0.2, -0.15) is 0 Å². The Morgan fingerprint density at radius 2 is 1.88 bits per heavy atom. The van der Waals surface area contributed by atoms with Gasteiger partial charge in [-0.15, -0.1) is 0 Å². The quantitative estimate of drug-likeness (QED) is 0.685. The molecule has 0 saturated heterocycles. The number of fused-ring (bicyclic) bond motifs is 1. The molecule has 16 heavy (non-hydrogen) atoms. The van der Waals surface area contributed by atoms with E-state index in [1.807, 2.05) is 0 Å². The van der Waals surface area contributed by atoms with E-state index < -0.39 is 0 Å². The van der Waals surface area contributed by atoms with Crippen LogP contribution in [-0.4, -0.2) is 5.54 Å². The van der Waals surface area contributed by atoms with Crippen LogP contribution in [-0.2, 0) is 0 Å². The molecule has 0 bridgehead atoms. The minimum absolute atomic E-state index is 0.0659. The Morgan fingerprint density at radius 3 is 2.50 bits per heavy atom. The van der Waals surface area contributed by atoms with Crippen LogP contribution in [0.3, 0.4) is 0 Å². The third-order valence-corrected chi connectivity index (χ3v) is 3.17. The molecule has 1 heteroatoms. The monoisotopic (exact) mass is 216 g/mol. The Bertz CT molecular complexity index is 439. The third kappa shape index (κ3) is 1.99. The molecule has 1 aliphatic rings. The second kappa shape index (κ2) is 3.65. The number of benzene rings is 1. The summed E-state index contributed by atoms with van der Waals surface area (Å²) in [6.45, 7) is 11.1. The first-order chi connectivity index (χ1) is 7.39. The molecule has 86 valence electrons. The summed E-state index contributed by atoms with van der Waals surface area (Å²) in [6.07, 6.45) is 2.31. The van der Waals surface area contributed by atoms with E-state index in [0.717, 1.165) is 0 Å². The Balaban J connectivity index is 2.50. The van der Waals surface area contributed by atoms with Gasteiger partial charge in [0.05, 0.1) is 5.54 Å². The van der Waals surface area contributed by atoms with Crippen LogP contribution in [0.25, 0.3) is 5.57 Å². The third-order valence-electron chi connectivity index (χ3n) is 3.17. The van der Waals surface area contributed by atoms with Crippen molar-refractivity contribution in [2.24, 2.45) is 0 Å². The van der Waals surface area contributed by atoms with E-state index in [0.29, 0.717) is 5.92 Å². The maximum atomic E-state index is 3.56. The van der Waals surface area contributed by atoms with E-state index in [1.165, 1.54) is 22.4 Å². The highest BCUT2D eigenvalue weighted by Crippen LogP contribution is 2.35. The average molecular weight is 216 g/mol. The Hall–Kier alpha value is -1.24. The lowest BCUT2D eigenvalue weighted by Gasteiger charge is -2.31. The molecule has 0 radical (unpaired) electrons. The first-order valence-corrected chi connectivity index (χ1v) is 6.01. The first-order valence-electron chi connectivity index (χ1n) is 6.01. The number of rotatable bonds is 1. The van der Waals surface area contributed by atoms with Gasteiger partial charge < -0.3 is 5.32 Å². The zero-order valence-electron chi connectivity index (χ0n) is 10.9. The van der Waals surface area contributed by atoms with Gasteiger partial charge in [0.2, 0.25) is 0 Å². The van der Waals surface area contributed by atoms with Gasteiger partial charge in [0.25, 0.3) is 0 Å². The van der Waals surface area contributed by atoms with Crippen LogP contribution in [0.2, 0.25) is 0 Å². The van der Waals surface area contributed by atoms with Crippen LogP contribution in [0, 0.1) is 0 Å². The van der Waals surface area contributed by atoms with Crippen molar-refractivity contribution in [1.29, 1.82) is 0 Å². The van der Waals surface area contributed by atoms with Gasteiger partial charge in [-0.3, -0.25) is 0 Å². The van der Waals surface area contributed by atoms with E-state index in [-0.39, 0.29) is 5.54 Å². The van der Waals surface area contributed by atoms with E-state index in [4.69, 9.17) is 0 Å². The molecule has 0 unspecified atom stereocenters. The second-order valence-corrected chi connectivity index (χ2v) is 5.63. The normalized spacial score (nSPS) is 17.8. The van der Waals surface area contributed by atoms with Crippen LogP contribution in [0.1, 0.15) is 51.7 Å². The fourth-order valence-electron chi connectivity index (χ4n) is 2.36. The van der Waals surface area contributed by atoms with Crippen molar-refractivity contribution in [3.05, 3.63) is 35.4 Å². The molecule has 1 nitrogen and oxygen atoms in total. The lowest BCUT2D eigenvalue weighted by molar-refractivity contribution is 0.707. The molecule has 1 N–H and O–H groups in total. The molecule has 2 rings (SSSR count). The minimum atomic E-state index is 0.0659. The van der Waals surface area contributed by atoms with Gasteiger partial charge in [-0.05, 0) is 50.0 Å². The lowest BCUT2D eigenvalue weighted by Crippen LogP contribution is -2.31. The fraction of sp³-hybridized carbons (Fsp3) is 0.467. The van der Waals surface area contributed by atoms with Crippen molar-refractivity contribution in [1.82, 2.24) is 0 Å². The van der Waals surface area contributed by atoms with Crippen molar-refractivity contribution in [2.45, 2.75) is 46.1 Å². The van der Waals surface area contributed by atoms with Crippen LogP contribution < -0.4 is 5.32 Å². The first kappa shape index (κ1) is 11.3. The molecule has 1 heterocycles. The number of allylic oxidation sites excluding steroid dienone is 1. The lowest BCUT2D eigenvalue weighted by atomic mass is 9.95. The molecule has 0 aromatic heterocycles. The largest absolute Gasteiger partial charge is 0.376 e. The predicted octanol–water partition coefficient (Wildman–Crippen LogP) is 4.42. The van der Waals surface area contributed by atoms with Gasteiger partial charge in [0.1, 0.15) is 0 Å². The average Bonchev–Trinajstić information content (AvgIpc) is 2.15. The maximum absolute atomic E-state index is 3.56. The molecule has 1 aromatic carbocycles. The summed E-state index contributed by atoms with van der Waals surface area (Å²) in [5, 5.41) is 3.56. The highest BCUT2D eigenvalue weighted by molar-refractivity contribution is 5.80. The second-order valence-electron chi connectivity index (χ2n) is 5.63. The summed E-state index contributed by atoms with van der Waals surface area (Å²) in [5.41, 5.74) is 5.46. The molecule has 0 aliphatic carbocycles. The van der Waals surface area contributed by atoms with E-state index in [2.05, 4.69) is 64.2 Å². The van der Waals surface area contributed by atoms with Crippen molar-refractivity contribution in [3.8, 4) is 0 Å². The van der Waals surface area contributed by atoms with Crippen molar-refractivity contribution in [2.75, 3.05) is 5.32 Å². The van der Waals surface area contributed by atoms with Crippen LogP contribution in [0.5, 0.6) is 0 Å². The molecule has 0 fully saturated rings. The van der Waals surface area contributed by atoms with Crippen molar-refractivity contribution in [3.63, 3.8) is 0 Å². The Kier molecular flexibility index (Phi) is 2.57. The summed E-state index contributed by atoms with van der Waals surface area (Å²) in [6, 6.07) is 6.75. The van der Waals surface area contributed by atoms with Crippen LogP contribution >= 0.6 is 0 Å². The van der Waals surface area contributed by atoms with Gasteiger partial charge in [0, 0.05) is 11.3 Å². The zero-order valence-corrected chi connectivity index (χ0v) is 10.9. The Morgan fingerprint density at radius 1 is 1.19 bits per heavy atom. The fourth-order valence-corrected chi connectivity index (χ4v) is 2.36. The number of hydrogen-bond donors (Lipinski definition) is 1. The standard InChI is InChI=1S/C15H21N/c1-10(2)12-6-7-14-13(8-12)11(3)9-15(4,5)16-14/h6-10,16H,1-5H3/i15+1. The molecule has 1 aliphatic heterocycles. The number of anilines is 1. The maximum Gasteiger partial charge on any atom is 0.0505 e. The molecule has 0 spiro atoms. The highest BCUT2D eigenvalue weighted by Gasteiger charge is 2.22. The molecular weight excluding hydrogens is 195 g/mol. The van der Waals surface area contributed by atoms with E-state index in [9.17, 15) is 0 Å². The topological polar surface area (TPSA) is 12.0 Å². The summed E-state index contributed by atoms with van der Waals surface area (Å²) in [4.78, 5) is 0. The minimum Gasteiger partial charge on any atom is -0.376 e. The number of nitrogens with one attached hydrogen (secondary N) is 1. The molecule has 1 aromatic rings. The smallest absolute Gasteiger partial charge is 0.0505 e. The summed E-state index contributed by atoms with van der Waals surface area (Å²) in [7, 11) is 0. The molecule has 0 amide bonds. The molecule has 0 atom stereocenters. The van der Waals surface area contributed by atoms with Crippen LogP contribution in [0.15, 0.2) is 24.3 Å². The van der Waals surface area contributed by atoms with Gasteiger partial charge in [-0.25, -0.2) is 0 Å². The number of hydrogen-bond acceptors (Lipinski definition) is 1. The van der Waals surface area contributed by atoms with E-state index in [1.54, 1.807) is 0 Å². The summed E-state index contributed by atoms with van der Waals surface area (Å²) in [5.74, 6) is 0.591. The van der Waals surface area contributed by atoms with Gasteiger partial charge in [0.15, 0.2) is 0 Å². The summed E-state index contributed by atoms with van der Waals surface area (Å²) < 4.78 is 0. The van der Waals surface area contributed by atoms with Crippen LogP contribution in [0.4, 0.5) is 5.69 Å². The molecule has 0 saturated carbocycles. The zero-order chi connectivity index (χ0) is 11.9. The Labute approximate surface area is 98.6 Å². The van der Waals surface area contributed by atoms with Crippen molar-refractivity contribution < 1.29 is 0 Å². The van der Waals surface area contributed by atoms with Gasteiger partial charge >= 0.3 is 0 Å². The van der Waals surface area contributed by atoms with Crippen molar-refractivity contribution >= 4 is 11.3 Å². The van der Waals surface area contributed by atoms with E-state index >= 15 is 0 Å².